The van der Waals surface area contributed by atoms with E-state index in [4.69, 9.17) is 5.73 Å². The molecule has 2 rings (SSSR count). The third kappa shape index (κ3) is 4.92. The molecule has 0 aromatic heterocycles. The molecule has 0 radical (unpaired) electrons. The van der Waals surface area contributed by atoms with Crippen LogP contribution < -0.4 is 5.73 Å². The molecule has 1 aliphatic carbocycles. The highest BCUT2D eigenvalue weighted by Gasteiger charge is 2.22. The molecule has 1 aromatic carbocycles. The maximum Gasteiger partial charge on any atom is 0.00934 e. The van der Waals surface area contributed by atoms with Gasteiger partial charge in [-0.15, -0.1) is 0 Å². The van der Waals surface area contributed by atoms with Crippen molar-refractivity contribution in [2.75, 3.05) is 13.6 Å². The molecule has 2 heteroatoms. The molecular weight excluding hydrogens is 244 g/mol. The molecule has 0 amide bonds. The fourth-order valence-electron chi connectivity index (χ4n) is 3.33. The number of benzene rings is 1. The number of rotatable bonds is 6. The lowest BCUT2D eigenvalue weighted by Crippen LogP contribution is -2.40. The van der Waals surface area contributed by atoms with Crippen LogP contribution in [-0.4, -0.2) is 30.6 Å². The number of hydrogen-bond donors (Lipinski definition) is 1. The Morgan fingerprint density at radius 3 is 2.45 bits per heavy atom. The Morgan fingerprint density at radius 1 is 1.15 bits per heavy atom. The molecule has 20 heavy (non-hydrogen) atoms. The van der Waals surface area contributed by atoms with Crippen molar-refractivity contribution in [1.82, 2.24) is 4.90 Å². The Kier molecular flexibility index (Phi) is 6.06. The van der Waals surface area contributed by atoms with Crippen LogP contribution in [0.3, 0.4) is 0 Å². The fourth-order valence-corrected chi connectivity index (χ4v) is 3.33. The van der Waals surface area contributed by atoms with Gasteiger partial charge in [0.25, 0.3) is 0 Å². The average molecular weight is 274 g/mol. The summed E-state index contributed by atoms with van der Waals surface area (Å²) in [6, 6.07) is 12.0. The third-order valence-corrected chi connectivity index (χ3v) is 4.73. The molecule has 1 saturated carbocycles. The maximum atomic E-state index is 5.99. The van der Waals surface area contributed by atoms with Crippen LogP contribution in [0, 0.1) is 5.92 Å². The van der Waals surface area contributed by atoms with Crippen molar-refractivity contribution >= 4 is 0 Å². The van der Waals surface area contributed by atoms with E-state index in [1.54, 1.807) is 0 Å². The molecule has 0 aliphatic heterocycles. The molecule has 112 valence electrons. The van der Waals surface area contributed by atoms with Crippen LogP contribution in [0.4, 0.5) is 0 Å². The first-order valence-corrected chi connectivity index (χ1v) is 8.15. The molecule has 1 aliphatic rings. The summed E-state index contributed by atoms with van der Waals surface area (Å²) in [5, 5.41) is 0. The summed E-state index contributed by atoms with van der Waals surface area (Å²) >= 11 is 0. The predicted octanol–water partition coefficient (Wildman–Crippen LogP) is 3.46. The fraction of sp³-hybridized carbons (Fsp3) is 0.667. The van der Waals surface area contributed by atoms with E-state index in [-0.39, 0.29) is 0 Å². The minimum absolute atomic E-state index is 0.454. The summed E-state index contributed by atoms with van der Waals surface area (Å²) < 4.78 is 0. The summed E-state index contributed by atoms with van der Waals surface area (Å²) in [5.74, 6) is 0.760. The van der Waals surface area contributed by atoms with Crippen molar-refractivity contribution in [1.29, 1.82) is 0 Å². The molecule has 0 spiro atoms. The second-order valence-electron chi connectivity index (χ2n) is 6.64. The zero-order chi connectivity index (χ0) is 14.4. The Morgan fingerprint density at radius 2 is 1.80 bits per heavy atom. The van der Waals surface area contributed by atoms with Crippen molar-refractivity contribution in [3.05, 3.63) is 35.9 Å². The lowest BCUT2D eigenvalue weighted by molar-refractivity contribution is 0.161. The standard InChI is InChI=1S/C18H30N2/c1-15(8-9-16-6-4-3-5-7-16)14-20(2)18-12-10-17(19)11-13-18/h3-7,15,17-18H,8-14,19H2,1-2H3/t15-,17?,18?/m0/s1. The zero-order valence-electron chi connectivity index (χ0n) is 13.1. The summed E-state index contributed by atoms with van der Waals surface area (Å²) in [6.07, 6.45) is 7.44. The Balaban J connectivity index is 1.69. The highest BCUT2D eigenvalue weighted by molar-refractivity contribution is 5.14. The normalized spacial score (nSPS) is 24.8. The lowest BCUT2D eigenvalue weighted by Gasteiger charge is -2.35. The second kappa shape index (κ2) is 7.80. The third-order valence-electron chi connectivity index (χ3n) is 4.73. The van der Waals surface area contributed by atoms with Gasteiger partial charge in [0.1, 0.15) is 0 Å². The predicted molar refractivity (Wildman–Crippen MR) is 86.8 cm³/mol. The van der Waals surface area contributed by atoms with Gasteiger partial charge in [-0.05, 0) is 57.1 Å². The average Bonchev–Trinajstić information content (AvgIpc) is 2.47. The van der Waals surface area contributed by atoms with Crippen LogP contribution in [0.25, 0.3) is 0 Å². The van der Waals surface area contributed by atoms with Gasteiger partial charge in [0.05, 0.1) is 0 Å². The number of hydrogen-bond acceptors (Lipinski definition) is 2. The van der Waals surface area contributed by atoms with Crippen molar-refractivity contribution in [2.45, 2.75) is 57.5 Å². The van der Waals surface area contributed by atoms with E-state index < -0.39 is 0 Å². The van der Waals surface area contributed by atoms with Crippen LogP contribution in [0.15, 0.2) is 30.3 Å². The van der Waals surface area contributed by atoms with Crippen LogP contribution in [0.1, 0.15) is 44.6 Å². The Labute approximate surface area is 124 Å². The largest absolute Gasteiger partial charge is 0.328 e. The van der Waals surface area contributed by atoms with E-state index in [0.29, 0.717) is 6.04 Å². The van der Waals surface area contributed by atoms with Gasteiger partial charge in [-0.3, -0.25) is 0 Å². The van der Waals surface area contributed by atoms with Crippen LogP contribution in [0.2, 0.25) is 0 Å². The molecule has 2 nitrogen and oxygen atoms in total. The van der Waals surface area contributed by atoms with Gasteiger partial charge in [0.2, 0.25) is 0 Å². The Hall–Kier alpha value is -0.860. The van der Waals surface area contributed by atoms with Crippen molar-refractivity contribution in [3.8, 4) is 0 Å². The highest BCUT2D eigenvalue weighted by atomic mass is 15.1. The summed E-state index contributed by atoms with van der Waals surface area (Å²) in [7, 11) is 2.29. The van der Waals surface area contributed by atoms with Gasteiger partial charge in [-0.25, -0.2) is 0 Å². The quantitative estimate of drug-likeness (QED) is 0.861. The van der Waals surface area contributed by atoms with Crippen LogP contribution in [-0.2, 0) is 6.42 Å². The van der Waals surface area contributed by atoms with Crippen molar-refractivity contribution in [2.24, 2.45) is 11.7 Å². The van der Waals surface area contributed by atoms with E-state index >= 15 is 0 Å². The van der Waals surface area contributed by atoms with E-state index in [2.05, 4.69) is 49.2 Å². The SMILES string of the molecule is C[C@@H](CCc1ccccc1)CN(C)C1CCC(N)CC1. The van der Waals surface area contributed by atoms with E-state index in [1.165, 1.54) is 50.6 Å². The van der Waals surface area contributed by atoms with Gasteiger partial charge < -0.3 is 10.6 Å². The minimum atomic E-state index is 0.454. The summed E-state index contributed by atoms with van der Waals surface area (Å²) in [6.45, 7) is 3.60. The molecule has 2 N–H and O–H groups in total. The number of nitrogens with zero attached hydrogens (tertiary/aromatic N) is 1. The Bertz CT molecular complexity index is 368. The smallest absolute Gasteiger partial charge is 0.00934 e. The molecule has 1 aromatic rings. The molecule has 0 heterocycles. The molecule has 0 saturated heterocycles. The summed E-state index contributed by atoms with van der Waals surface area (Å²) in [4.78, 5) is 2.57. The molecule has 1 atom stereocenters. The number of aryl methyl sites for hydroxylation is 1. The lowest BCUT2D eigenvalue weighted by atomic mass is 9.90. The first-order chi connectivity index (χ1) is 9.65. The first-order valence-electron chi connectivity index (χ1n) is 8.15. The maximum absolute atomic E-state index is 5.99. The molecule has 0 bridgehead atoms. The second-order valence-corrected chi connectivity index (χ2v) is 6.64. The van der Waals surface area contributed by atoms with Gasteiger partial charge in [-0.1, -0.05) is 37.3 Å². The highest BCUT2D eigenvalue weighted by Crippen LogP contribution is 2.22. The zero-order valence-corrected chi connectivity index (χ0v) is 13.1. The van der Waals surface area contributed by atoms with Gasteiger partial charge >= 0.3 is 0 Å². The number of nitrogens with two attached hydrogens (primary N) is 1. The summed E-state index contributed by atoms with van der Waals surface area (Å²) in [5.41, 5.74) is 7.46. The van der Waals surface area contributed by atoms with E-state index in [9.17, 15) is 0 Å². The topological polar surface area (TPSA) is 29.3 Å². The van der Waals surface area contributed by atoms with E-state index in [0.717, 1.165) is 12.0 Å². The van der Waals surface area contributed by atoms with Gasteiger partial charge in [-0.2, -0.15) is 0 Å². The van der Waals surface area contributed by atoms with Crippen molar-refractivity contribution in [3.63, 3.8) is 0 Å². The van der Waals surface area contributed by atoms with E-state index in [1.807, 2.05) is 0 Å². The molecule has 0 unspecified atom stereocenters. The van der Waals surface area contributed by atoms with Gasteiger partial charge in [0.15, 0.2) is 0 Å². The van der Waals surface area contributed by atoms with Crippen LogP contribution in [0.5, 0.6) is 0 Å². The molecular formula is C18H30N2. The van der Waals surface area contributed by atoms with Crippen molar-refractivity contribution < 1.29 is 0 Å². The van der Waals surface area contributed by atoms with Gasteiger partial charge in [0, 0.05) is 18.6 Å². The van der Waals surface area contributed by atoms with Crippen LogP contribution >= 0.6 is 0 Å². The minimum Gasteiger partial charge on any atom is -0.328 e. The first kappa shape index (κ1) is 15.5. The monoisotopic (exact) mass is 274 g/mol. The molecule has 1 fully saturated rings.